The lowest BCUT2D eigenvalue weighted by Gasteiger charge is -2.17. The van der Waals surface area contributed by atoms with E-state index in [9.17, 15) is 4.79 Å². The first-order valence-corrected chi connectivity index (χ1v) is 9.23. The number of rotatable bonds is 5. The van der Waals surface area contributed by atoms with Crippen molar-refractivity contribution in [1.29, 1.82) is 0 Å². The quantitative estimate of drug-likeness (QED) is 0.682. The Hall–Kier alpha value is -2.24. The largest absolute Gasteiger partial charge is 0.344 e. The molecule has 2 aromatic heterocycles. The molecule has 1 unspecified atom stereocenters. The third kappa shape index (κ3) is 4.06. The van der Waals surface area contributed by atoms with Crippen LogP contribution < -0.4 is 5.32 Å². The van der Waals surface area contributed by atoms with Crippen LogP contribution in [0.15, 0.2) is 48.7 Å². The van der Waals surface area contributed by atoms with Crippen molar-refractivity contribution in [1.82, 2.24) is 15.3 Å². The van der Waals surface area contributed by atoms with Gasteiger partial charge in [-0.1, -0.05) is 36.7 Å². The molecule has 0 radical (unpaired) electrons. The molecule has 3 rings (SSSR count). The van der Waals surface area contributed by atoms with Gasteiger partial charge in [-0.25, -0.2) is 4.98 Å². The van der Waals surface area contributed by atoms with Gasteiger partial charge >= 0.3 is 0 Å². The maximum atomic E-state index is 12.7. The predicted molar refractivity (Wildman–Crippen MR) is 102 cm³/mol. The van der Waals surface area contributed by atoms with Crippen LogP contribution in [-0.4, -0.2) is 15.9 Å². The van der Waals surface area contributed by atoms with Gasteiger partial charge in [-0.15, -0.1) is 11.3 Å². The first-order chi connectivity index (χ1) is 12.1. The topological polar surface area (TPSA) is 54.9 Å². The molecule has 0 spiro atoms. The molecule has 0 bridgehead atoms. The van der Waals surface area contributed by atoms with Gasteiger partial charge in [0, 0.05) is 11.2 Å². The summed E-state index contributed by atoms with van der Waals surface area (Å²) in [4.78, 5) is 22.1. The van der Waals surface area contributed by atoms with E-state index in [0.29, 0.717) is 15.6 Å². The Bertz CT molecular complexity index is 862. The molecule has 2 heterocycles. The van der Waals surface area contributed by atoms with Crippen LogP contribution in [0.1, 0.15) is 40.3 Å². The Kier molecular flexibility index (Phi) is 5.46. The van der Waals surface area contributed by atoms with E-state index in [0.717, 1.165) is 22.7 Å². The molecule has 25 heavy (non-hydrogen) atoms. The fraction of sp³-hybridized carbons (Fsp3) is 0.211. The molecule has 1 amide bonds. The first-order valence-electron chi connectivity index (χ1n) is 8.03. The van der Waals surface area contributed by atoms with Crippen LogP contribution in [-0.2, 0) is 0 Å². The van der Waals surface area contributed by atoms with E-state index in [2.05, 4.69) is 15.3 Å². The van der Waals surface area contributed by atoms with Gasteiger partial charge in [-0.2, -0.15) is 0 Å². The number of thiazole rings is 1. The molecule has 128 valence electrons. The third-order valence-electron chi connectivity index (χ3n) is 3.87. The summed E-state index contributed by atoms with van der Waals surface area (Å²) in [7, 11) is 0. The Morgan fingerprint density at radius 3 is 2.64 bits per heavy atom. The lowest BCUT2D eigenvalue weighted by molar-refractivity contribution is 0.0939. The molecule has 1 N–H and O–H groups in total. The number of amides is 1. The zero-order valence-electron chi connectivity index (χ0n) is 14.0. The number of hydrogen-bond acceptors (Lipinski definition) is 4. The van der Waals surface area contributed by atoms with Crippen molar-refractivity contribution < 1.29 is 4.79 Å². The summed E-state index contributed by atoms with van der Waals surface area (Å²) in [5, 5.41) is 4.53. The summed E-state index contributed by atoms with van der Waals surface area (Å²) in [6.45, 7) is 3.89. The monoisotopic (exact) mass is 371 g/mol. The van der Waals surface area contributed by atoms with Crippen molar-refractivity contribution in [2.75, 3.05) is 0 Å². The van der Waals surface area contributed by atoms with Crippen molar-refractivity contribution in [2.24, 2.45) is 0 Å². The Labute approximate surface area is 155 Å². The van der Waals surface area contributed by atoms with Crippen molar-refractivity contribution in [2.45, 2.75) is 26.3 Å². The summed E-state index contributed by atoms with van der Waals surface area (Å²) in [6.07, 6.45) is 2.51. The maximum absolute atomic E-state index is 12.7. The minimum atomic E-state index is -0.112. The van der Waals surface area contributed by atoms with Crippen molar-refractivity contribution in [3.63, 3.8) is 0 Å². The highest BCUT2D eigenvalue weighted by Crippen LogP contribution is 2.27. The van der Waals surface area contributed by atoms with E-state index in [1.807, 2.05) is 56.3 Å². The summed E-state index contributed by atoms with van der Waals surface area (Å²) in [5.74, 6) is -0.112. The SMILES string of the molecule is CCC(NC(=O)c1sc(-c2ccccn2)nc1C)c1ccc(Cl)cc1. The van der Waals surface area contributed by atoms with Crippen LogP contribution in [0, 0.1) is 6.92 Å². The summed E-state index contributed by atoms with van der Waals surface area (Å²) < 4.78 is 0. The number of pyridine rings is 1. The van der Waals surface area contributed by atoms with Gasteiger partial charge in [-0.05, 0) is 43.2 Å². The minimum absolute atomic E-state index is 0.0652. The second-order valence-corrected chi connectivity index (χ2v) is 7.07. The van der Waals surface area contributed by atoms with Gasteiger partial charge in [0.05, 0.1) is 17.4 Å². The summed E-state index contributed by atoms with van der Waals surface area (Å²) in [6, 6.07) is 13.1. The predicted octanol–water partition coefficient (Wildman–Crippen LogP) is 5.05. The molecule has 0 aliphatic rings. The van der Waals surface area contributed by atoms with Crippen LogP contribution in [0.25, 0.3) is 10.7 Å². The molecule has 1 aromatic carbocycles. The van der Waals surface area contributed by atoms with E-state index in [1.165, 1.54) is 11.3 Å². The Balaban J connectivity index is 1.81. The van der Waals surface area contributed by atoms with Crippen LogP contribution in [0.3, 0.4) is 0 Å². The molecule has 0 saturated carbocycles. The van der Waals surface area contributed by atoms with Gasteiger partial charge in [0.25, 0.3) is 5.91 Å². The fourth-order valence-corrected chi connectivity index (χ4v) is 3.62. The zero-order chi connectivity index (χ0) is 17.8. The smallest absolute Gasteiger partial charge is 0.263 e. The number of aromatic nitrogens is 2. The number of carbonyl (C=O) groups is 1. The standard InChI is InChI=1S/C19H18ClN3OS/c1-3-15(13-7-9-14(20)10-8-13)23-18(24)17-12(2)22-19(25-17)16-6-4-5-11-21-16/h4-11,15H,3H2,1-2H3,(H,23,24). The van der Waals surface area contributed by atoms with Crippen LogP contribution >= 0.6 is 22.9 Å². The number of carbonyl (C=O) groups excluding carboxylic acids is 1. The maximum Gasteiger partial charge on any atom is 0.263 e. The highest BCUT2D eigenvalue weighted by molar-refractivity contribution is 7.17. The van der Waals surface area contributed by atoms with E-state index in [4.69, 9.17) is 11.6 Å². The van der Waals surface area contributed by atoms with Gasteiger partial charge < -0.3 is 5.32 Å². The summed E-state index contributed by atoms with van der Waals surface area (Å²) >= 11 is 7.31. The average molecular weight is 372 g/mol. The number of halogens is 1. The Morgan fingerprint density at radius 1 is 1.24 bits per heavy atom. The molecular formula is C19H18ClN3OS. The first kappa shape index (κ1) is 17.6. The number of nitrogens with zero attached hydrogens (tertiary/aromatic N) is 2. The Morgan fingerprint density at radius 2 is 2.00 bits per heavy atom. The molecule has 1 atom stereocenters. The van der Waals surface area contributed by atoms with Gasteiger partial charge in [0.2, 0.25) is 0 Å². The van der Waals surface area contributed by atoms with Crippen LogP contribution in [0.2, 0.25) is 5.02 Å². The lowest BCUT2D eigenvalue weighted by Crippen LogP contribution is -2.28. The molecular weight excluding hydrogens is 354 g/mol. The second-order valence-electron chi connectivity index (χ2n) is 5.63. The van der Waals surface area contributed by atoms with Crippen molar-refractivity contribution in [3.05, 3.63) is 69.8 Å². The summed E-state index contributed by atoms with van der Waals surface area (Å²) in [5.41, 5.74) is 2.53. The molecule has 0 aliphatic carbocycles. The van der Waals surface area contributed by atoms with E-state index < -0.39 is 0 Å². The van der Waals surface area contributed by atoms with Gasteiger partial charge in [0.15, 0.2) is 0 Å². The highest BCUT2D eigenvalue weighted by atomic mass is 35.5. The molecule has 0 aliphatic heterocycles. The molecule has 6 heteroatoms. The lowest BCUT2D eigenvalue weighted by atomic mass is 10.0. The number of nitrogens with one attached hydrogen (secondary N) is 1. The zero-order valence-corrected chi connectivity index (χ0v) is 15.6. The van der Waals surface area contributed by atoms with Crippen molar-refractivity contribution in [3.8, 4) is 10.7 Å². The molecule has 0 fully saturated rings. The normalized spacial score (nSPS) is 12.0. The van der Waals surface area contributed by atoms with Crippen LogP contribution in [0.5, 0.6) is 0 Å². The van der Waals surface area contributed by atoms with E-state index >= 15 is 0 Å². The minimum Gasteiger partial charge on any atom is -0.344 e. The van der Waals surface area contributed by atoms with E-state index in [-0.39, 0.29) is 11.9 Å². The molecule has 4 nitrogen and oxygen atoms in total. The van der Waals surface area contributed by atoms with Gasteiger partial charge in [0.1, 0.15) is 9.88 Å². The molecule has 0 saturated heterocycles. The van der Waals surface area contributed by atoms with Crippen molar-refractivity contribution >= 4 is 28.8 Å². The third-order valence-corrected chi connectivity index (χ3v) is 5.30. The van der Waals surface area contributed by atoms with Crippen LogP contribution in [0.4, 0.5) is 0 Å². The number of hydrogen-bond donors (Lipinski definition) is 1. The highest BCUT2D eigenvalue weighted by Gasteiger charge is 2.20. The number of benzene rings is 1. The second kappa shape index (κ2) is 7.76. The molecule has 3 aromatic rings. The van der Waals surface area contributed by atoms with Gasteiger partial charge in [-0.3, -0.25) is 9.78 Å². The number of aryl methyl sites for hydroxylation is 1. The fourth-order valence-electron chi connectivity index (χ4n) is 2.55. The van der Waals surface area contributed by atoms with E-state index in [1.54, 1.807) is 6.20 Å². The average Bonchev–Trinajstić information content (AvgIpc) is 3.03.